The molecule has 49 heavy (non-hydrogen) atoms. The zero-order chi connectivity index (χ0) is 32.3. The minimum absolute atomic E-state index is 0.578. The lowest BCUT2D eigenvalue weighted by molar-refractivity contribution is 0.620. The Morgan fingerprint density at radius 1 is 0.449 bits per heavy atom. The number of rotatable bonds is 5. The third-order valence-corrected chi connectivity index (χ3v) is 9.45. The van der Waals surface area contributed by atoms with E-state index < -0.39 is 0 Å². The van der Waals surface area contributed by atoms with Gasteiger partial charge in [-0.05, 0) is 93.3 Å². The number of benzene rings is 8. The lowest BCUT2D eigenvalue weighted by Gasteiger charge is -2.26. The molecule has 4 nitrogen and oxygen atoms in total. The topological polar surface area (TPSA) is 42.4 Å². The number of furan rings is 1. The predicted molar refractivity (Wildman–Crippen MR) is 202 cm³/mol. The van der Waals surface area contributed by atoms with Crippen LogP contribution in [-0.2, 0) is 0 Å². The van der Waals surface area contributed by atoms with Gasteiger partial charge in [0, 0.05) is 27.7 Å². The summed E-state index contributed by atoms with van der Waals surface area (Å²) in [5.41, 5.74) is 9.41. The number of hydrogen-bond donors (Lipinski definition) is 0. The van der Waals surface area contributed by atoms with Crippen LogP contribution in [0, 0.1) is 0 Å². The molecule has 4 heteroatoms. The number of oxazole rings is 1. The van der Waals surface area contributed by atoms with Crippen LogP contribution in [0.1, 0.15) is 0 Å². The van der Waals surface area contributed by atoms with Crippen molar-refractivity contribution in [3.05, 3.63) is 170 Å². The molecule has 0 saturated heterocycles. The molecule has 10 aromatic rings. The number of nitrogens with zero attached hydrogens (tertiary/aromatic N) is 2. The van der Waals surface area contributed by atoms with E-state index in [-0.39, 0.29) is 0 Å². The number of aromatic nitrogens is 1. The molecule has 0 spiro atoms. The summed E-state index contributed by atoms with van der Waals surface area (Å²) in [5.74, 6) is 0.578. The fraction of sp³-hybridized carbons (Fsp3) is 0. The molecule has 0 radical (unpaired) electrons. The minimum Gasteiger partial charge on any atom is -0.454 e. The molecule has 2 heterocycles. The van der Waals surface area contributed by atoms with Gasteiger partial charge < -0.3 is 13.7 Å². The highest BCUT2D eigenvalue weighted by Crippen LogP contribution is 2.45. The van der Waals surface area contributed by atoms with Crippen LogP contribution in [0.4, 0.5) is 17.1 Å². The first-order chi connectivity index (χ1) is 24.3. The molecule has 2 aromatic heterocycles. The van der Waals surface area contributed by atoms with Crippen molar-refractivity contribution in [3.63, 3.8) is 0 Å². The van der Waals surface area contributed by atoms with Crippen molar-refractivity contribution in [1.29, 1.82) is 0 Å². The highest BCUT2D eigenvalue weighted by atomic mass is 16.3. The highest BCUT2D eigenvalue weighted by molar-refractivity contribution is 6.15. The molecule has 8 aromatic carbocycles. The smallest absolute Gasteiger partial charge is 0.228 e. The van der Waals surface area contributed by atoms with Crippen LogP contribution in [0.3, 0.4) is 0 Å². The van der Waals surface area contributed by atoms with Gasteiger partial charge in [-0.1, -0.05) is 109 Å². The lowest BCUT2D eigenvalue weighted by atomic mass is 10.00. The van der Waals surface area contributed by atoms with E-state index >= 15 is 0 Å². The Kier molecular flexibility index (Phi) is 6.15. The second-order valence-electron chi connectivity index (χ2n) is 12.4. The maximum atomic E-state index is 6.78. The molecule has 0 amide bonds. The first-order valence-corrected chi connectivity index (χ1v) is 16.5. The number of fused-ring (bicyclic) bond motifs is 6. The van der Waals surface area contributed by atoms with Gasteiger partial charge >= 0.3 is 0 Å². The second-order valence-corrected chi connectivity index (χ2v) is 12.4. The summed E-state index contributed by atoms with van der Waals surface area (Å²) in [6.45, 7) is 0. The van der Waals surface area contributed by atoms with Gasteiger partial charge in [-0.25, -0.2) is 4.98 Å². The fourth-order valence-corrected chi connectivity index (χ4v) is 7.11. The summed E-state index contributed by atoms with van der Waals surface area (Å²) < 4.78 is 13.0. The third kappa shape index (κ3) is 4.57. The summed E-state index contributed by atoms with van der Waals surface area (Å²) >= 11 is 0. The minimum atomic E-state index is 0.578. The van der Waals surface area contributed by atoms with Crippen molar-refractivity contribution in [1.82, 2.24) is 4.98 Å². The van der Waals surface area contributed by atoms with E-state index in [0.29, 0.717) is 5.89 Å². The van der Waals surface area contributed by atoms with E-state index in [1.165, 1.54) is 27.1 Å². The summed E-state index contributed by atoms with van der Waals surface area (Å²) in [4.78, 5) is 7.15. The predicted octanol–water partition coefficient (Wildman–Crippen LogP) is 12.8. The van der Waals surface area contributed by atoms with Crippen molar-refractivity contribution in [3.8, 4) is 22.6 Å². The molecule has 0 bridgehead atoms. The van der Waals surface area contributed by atoms with E-state index in [2.05, 4.69) is 138 Å². The number of anilines is 3. The monoisotopic (exact) mass is 628 g/mol. The van der Waals surface area contributed by atoms with Gasteiger partial charge in [0.2, 0.25) is 5.89 Å². The Labute approximate surface area is 282 Å². The van der Waals surface area contributed by atoms with Crippen molar-refractivity contribution >= 4 is 71.6 Å². The van der Waals surface area contributed by atoms with Gasteiger partial charge in [0.25, 0.3) is 0 Å². The van der Waals surface area contributed by atoms with Crippen LogP contribution in [-0.4, -0.2) is 4.98 Å². The third-order valence-electron chi connectivity index (χ3n) is 9.45. The van der Waals surface area contributed by atoms with Crippen LogP contribution in [0.2, 0.25) is 0 Å². The van der Waals surface area contributed by atoms with Crippen molar-refractivity contribution in [2.24, 2.45) is 0 Å². The van der Waals surface area contributed by atoms with Crippen LogP contribution >= 0.6 is 0 Å². The normalized spacial score (nSPS) is 11.7. The Morgan fingerprint density at radius 3 is 1.98 bits per heavy atom. The first kappa shape index (κ1) is 27.5. The number of para-hydroxylation sites is 3. The van der Waals surface area contributed by atoms with Crippen molar-refractivity contribution < 1.29 is 8.83 Å². The van der Waals surface area contributed by atoms with E-state index in [1.807, 2.05) is 36.4 Å². The van der Waals surface area contributed by atoms with Gasteiger partial charge in [0.15, 0.2) is 11.2 Å². The molecular weight excluding hydrogens is 601 g/mol. The van der Waals surface area contributed by atoms with Gasteiger partial charge in [-0.2, -0.15) is 0 Å². The zero-order valence-electron chi connectivity index (χ0n) is 26.4. The average molecular weight is 629 g/mol. The summed E-state index contributed by atoms with van der Waals surface area (Å²) in [5, 5.41) is 6.80. The maximum Gasteiger partial charge on any atom is 0.228 e. The molecule has 0 fully saturated rings. The molecule has 0 atom stereocenters. The Bertz CT molecular complexity index is 2830. The Morgan fingerprint density at radius 2 is 1.12 bits per heavy atom. The van der Waals surface area contributed by atoms with E-state index in [4.69, 9.17) is 13.8 Å². The summed E-state index contributed by atoms with van der Waals surface area (Å²) in [7, 11) is 0. The summed E-state index contributed by atoms with van der Waals surface area (Å²) in [6.07, 6.45) is 0. The molecule has 0 unspecified atom stereocenters. The molecule has 10 rings (SSSR count). The van der Waals surface area contributed by atoms with Crippen molar-refractivity contribution in [2.45, 2.75) is 0 Å². The lowest BCUT2D eigenvalue weighted by Crippen LogP contribution is -2.10. The second kappa shape index (κ2) is 11.0. The summed E-state index contributed by atoms with van der Waals surface area (Å²) in [6, 6.07) is 59.4. The van der Waals surface area contributed by atoms with Gasteiger partial charge in [-0.3, -0.25) is 0 Å². The standard InChI is InChI=1S/C45H28N2O2/c1-3-12-31-26-34(23-22-29(31)10-1)33-14-7-15-35(28-33)47(36-25-24-30-11-2-4-13-32(30)27-36)40-19-8-16-37-43-38(17-9-21-42(43)48-44(37)40)45-46-39-18-5-6-20-41(39)49-45/h1-28H. The molecular formula is C45H28N2O2. The SMILES string of the molecule is c1cc(-c2ccc3ccccc3c2)cc(N(c2ccc3ccccc3c2)c2cccc3c2oc2cccc(-c4nc5ccccc5o4)c23)c1. The van der Waals surface area contributed by atoms with Crippen LogP contribution in [0.25, 0.3) is 77.2 Å². The van der Waals surface area contributed by atoms with Crippen molar-refractivity contribution in [2.75, 3.05) is 4.90 Å². The molecule has 0 aliphatic carbocycles. The van der Waals surface area contributed by atoms with Crippen LogP contribution in [0.15, 0.2) is 179 Å². The Hall–Kier alpha value is -6.65. The van der Waals surface area contributed by atoms with E-state index in [9.17, 15) is 0 Å². The van der Waals surface area contributed by atoms with Crippen LogP contribution in [0.5, 0.6) is 0 Å². The van der Waals surface area contributed by atoms with E-state index in [0.717, 1.165) is 61.2 Å². The quantitative estimate of drug-likeness (QED) is 0.190. The Balaban J connectivity index is 1.19. The van der Waals surface area contributed by atoms with Gasteiger partial charge in [0.05, 0.1) is 5.69 Å². The molecule has 230 valence electrons. The molecule has 0 aliphatic rings. The fourth-order valence-electron chi connectivity index (χ4n) is 7.11. The molecule has 0 saturated carbocycles. The largest absolute Gasteiger partial charge is 0.454 e. The molecule has 0 N–H and O–H groups in total. The van der Waals surface area contributed by atoms with E-state index in [1.54, 1.807) is 0 Å². The maximum absolute atomic E-state index is 6.78. The number of hydrogen-bond acceptors (Lipinski definition) is 4. The van der Waals surface area contributed by atoms with Gasteiger partial charge in [-0.15, -0.1) is 0 Å². The van der Waals surface area contributed by atoms with Crippen LogP contribution < -0.4 is 4.90 Å². The van der Waals surface area contributed by atoms with Gasteiger partial charge in [0.1, 0.15) is 11.1 Å². The molecule has 0 aliphatic heterocycles. The highest BCUT2D eigenvalue weighted by Gasteiger charge is 2.22. The first-order valence-electron chi connectivity index (χ1n) is 16.5. The zero-order valence-corrected chi connectivity index (χ0v) is 26.4. The average Bonchev–Trinajstić information content (AvgIpc) is 3.77.